The summed E-state index contributed by atoms with van der Waals surface area (Å²) >= 11 is 1.51. The van der Waals surface area contributed by atoms with Gasteiger partial charge < -0.3 is 24.4 Å². The van der Waals surface area contributed by atoms with Gasteiger partial charge in [-0.05, 0) is 77.3 Å². The summed E-state index contributed by atoms with van der Waals surface area (Å²) in [4.78, 5) is 53.1. The van der Waals surface area contributed by atoms with Crippen molar-refractivity contribution in [2.45, 2.75) is 120 Å². The Kier molecular flexibility index (Phi) is 10.8. The highest BCUT2D eigenvalue weighted by molar-refractivity contribution is 7.91. The standard InChI is InChI=1S/C40H51N5O8S2/c1-23(2)30-22-54-37(42-30)29-18-33(28-12-13-32(51-6)24(3)35(28)41-29)53-27-17-31-36(47)43-40(20-34(46)44-55(49,50)39(5)14-15-39)19-26(40)11-9-7-8-10-16-52-25(4)38(48)45(31)21-27/h9,11-13,18,22-23,25-27,31H,7-8,10,14-17,19-21H2,1-6H3,(H,43,47)(H,44,46). The van der Waals surface area contributed by atoms with Crippen LogP contribution < -0.4 is 19.5 Å². The first kappa shape index (κ1) is 39.2. The largest absolute Gasteiger partial charge is 0.496 e. The fraction of sp³-hybridized carbons (Fsp3) is 0.575. The smallest absolute Gasteiger partial charge is 0.252 e. The monoisotopic (exact) mass is 793 g/mol. The van der Waals surface area contributed by atoms with Gasteiger partial charge in [0.25, 0.3) is 5.91 Å². The minimum Gasteiger partial charge on any atom is -0.496 e. The normalized spacial score (nSPS) is 26.8. The molecule has 5 atom stereocenters. The molecule has 2 aliphatic carbocycles. The molecule has 1 aromatic carbocycles. The highest BCUT2D eigenvalue weighted by atomic mass is 32.2. The lowest BCUT2D eigenvalue weighted by atomic mass is 10.1. The van der Waals surface area contributed by atoms with Crippen LogP contribution in [-0.4, -0.2) is 89.8 Å². The number of amides is 3. The zero-order valence-corrected chi connectivity index (χ0v) is 34.0. The number of carbonyl (C=O) groups is 3. The number of sulfonamides is 1. The van der Waals surface area contributed by atoms with E-state index in [1.807, 2.05) is 42.7 Å². The quantitative estimate of drug-likeness (QED) is 0.262. The first-order valence-corrected chi connectivity index (χ1v) is 21.6. The number of nitrogens with one attached hydrogen (secondary N) is 2. The average molecular weight is 794 g/mol. The van der Waals surface area contributed by atoms with Gasteiger partial charge >= 0.3 is 0 Å². The van der Waals surface area contributed by atoms with Gasteiger partial charge in [-0.1, -0.05) is 26.0 Å². The van der Waals surface area contributed by atoms with Gasteiger partial charge in [-0.25, -0.2) is 18.4 Å². The SMILES string of the molecule is COc1ccc2c(OC3CC4C(=O)NC5(CC(=O)NS(=O)(=O)C6(C)CC6)CC5C=CCCCCOC(C)C(=O)N4C3)cc(-c3nc(C(C)C)cs3)nc2c1C. The third-order valence-corrected chi connectivity index (χ3v) is 14.6. The Morgan fingerprint density at radius 2 is 1.96 bits per heavy atom. The number of fused-ring (bicyclic) bond motifs is 3. The van der Waals surface area contributed by atoms with Crippen molar-refractivity contribution in [2.75, 3.05) is 20.3 Å². The van der Waals surface area contributed by atoms with Crippen LogP contribution >= 0.6 is 11.3 Å². The van der Waals surface area contributed by atoms with E-state index >= 15 is 0 Å². The molecular formula is C40H51N5O8S2. The highest BCUT2D eigenvalue weighted by Gasteiger charge is 2.58. The lowest BCUT2D eigenvalue weighted by Crippen LogP contribution is -2.53. The molecule has 0 bridgehead atoms. The molecule has 5 unspecified atom stereocenters. The Hall–Kier alpha value is -4.08. The summed E-state index contributed by atoms with van der Waals surface area (Å²) in [6.45, 7) is 9.97. The molecule has 2 saturated carbocycles. The first-order chi connectivity index (χ1) is 26.1. The number of aromatic nitrogens is 2. The Morgan fingerprint density at radius 1 is 1.18 bits per heavy atom. The van der Waals surface area contributed by atoms with Gasteiger partial charge in [-0.2, -0.15) is 0 Å². The van der Waals surface area contributed by atoms with Gasteiger partial charge in [0.05, 0.1) is 41.6 Å². The average Bonchev–Trinajstić information content (AvgIpc) is 3.87. The van der Waals surface area contributed by atoms with Crippen LogP contribution in [0.25, 0.3) is 21.6 Å². The van der Waals surface area contributed by atoms with E-state index in [1.54, 1.807) is 21.0 Å². The maximum atomic E-state index is 14.4. The number of hydrogen-bond donors (Lipinski definition) is 2. The van der Waals surface area contributed by atoms with Crippen LogP contribution in [0.5, 0.6) is 11.5 Å². The number of rotatable bonds is 9. The van der Waals surface area contributed by atoms with E-state index in [1.165, 1.54) is 16.2 Å². The Bertz CT molecular complexity index is 2130. The second kappa shape index (κ2) is 15.1. The third kappa shape index (κ3) is 7.97. The van der Waals surface area contributed by atoms with E-state index in [4.69, 9.17) is 24.2 Å². The molecule has 2 aliphatic heterocycles. The molecule has 7 rings (SSSR count). The van der Waals surface area contributed by atoms with E-state index < -0.39 is 50.4 Å². The predicted octanol–water partition coefficient (Wildman–Crippen LogP) is 5.56. The number of hydrogen-bond acceptors (Lipinski definition) is 11. The molecule has 1 saturated heterocycles. The first-order valence-electron chi connectivity index (χ1n) is 19.2. The summed E-state index contributed by atoms with van der Waals surface area (Å²) in [5, 5.41) is 6.66. The molecule has 2 aromatic heterocycles. The molecule has 15 heteroatoms. The molecule has 296 valence electrons. The third-order valence-electron chi connectivity index (χ3n) is 11.5. The van der Waals surface area contributed by atoms with Gasteiger partial charge in [0.2, 0.25) is 21.8 Å². The highest BCUT2D eigenvalue weighted by Crippen LogP contribution is 2.48. The second-order valence-corrected chi connectivity index (χ2v) is 19.1. The lowest BCUT2D eigenvalue weighted by molar-refractivity contribution is -0.147. The molecule has 3 fully saturated rings. The fourth-order valence-electron chi connectivity index (χ4n) is 7.57. The molecule has 55 heavy (non-hydrogen) atoms. The van der Waals surface area contributed by atoms with Crippen LogP contribution in [0.1, 0.15) is 96.2 Å². The van der Waals surface area contributed by atoms with Gasteiger partial charge in [0, 0.05) is 41.3 Å². The number of carbonyl (C=O) groups excluding carboxylic acids is 3. The van der Waals surface area contributed by atoms with Gasteiger partial charge in [0.15, 0.2) is 0 Å². The zero-order valence-electron chi connectivity index (χ0n) is 32.3. The molecule has 3 aromatic rings. The number of benzene rings is 1. The van der Waals surface area contributed by atoms with Crippen LogP contribution in [0.15, 0.2) is 35.7 Å². The fourth-order valence-corrected chi connectivity index (χ4v) is 9.77. The number of thiazole rings is 1. The van der Waals surface area contributed by atoms with Gasteiger partial charge in [0.1, 0.15) is 40.5 Å². The molecular weight excluding hydrogens is 743 g/mol. The zero-order chi connectivity index (χ0) is 39.3. The summed E-state index contributed by atoms with van der Waals surface area (Å²) in [5.74, 6) is -0.0939. The van der Waals surface area contributed by atoms with Gasteiger partial charge in [-0.15, -0.1) is 11.3 Å². The molecule has 13 nitrogen and oxygen atoms in total. The number of methoxy groups -OCH3 is 1. The Balaban J connectivity index is 1.19. The minimum absolute atomic E-state index is 0.126. The summed E-state index contributed by atoms with van der Waals surface area (Å²) in [7, 11) is -2.24. The summed E-state index contributed by atoms with van der Waals surface area (Å²) < 4.78 is 45.5. The van der Waals surface area contributed by atoms with Crippen molar-refractivity contribution in [3.05, 3.63) is 47.0 Å². The minimum atomic E-state index is -3.85. The Morgan fingerprint density at radius 3 is 2.67 bits per heavy atom. The van der Waals surface area contributed by atoms with Crippen LogP contribution in [0.3, 0.4) is 0 Å². The van der Waals surface area contributed by atoms with E-state index in [0.717, 1.165) is 40.9 Å². The Labute approximate surface area is 326 Å². The molecule has 0 radical (unpaired) electrons. The van der Waals surface area contributed by atoms with E-state index in [-0.39, 0.29) is 37.1 Å². The number of nitrogens with zero attached hydrogens (tertiary/aromatic N) is 3. The van der Waals surface area contributed by atoms with E-state index in [9.17, 15) is 22.8 Å². The van der Waals surface area contributed by atoms with Crippen LogP contribution in [0.2, 0.25) is 0 Å². The second-order valence-electron chi connectivity index (χ2n) is 16.1. The summed E-state index contributed by atoms with van der Waals surface area (Å²) in [5.41, 5.74) is 2.17. The molecule has 4 aliphatic rings. The lowest BCUT2D eigenvalue weighted by Gasteiger charge is -2.28. The van der Waals surface area contributed by atoms with Crippen molar-refractivity contribution < 1.29 is 37.0 Å². The van der Waals surface area contributed by atoms with Crippen molar-refractivity contribution in [3.63, 3.8) is 0 Å². The van der Waals surface area contributed by atoms with Crippen LogP contribution in [0.4, 0.5) is 0 Å². The van der Waals surface area contributed by atoms with Crippen molar-refractivity contribution in [2.24, 2.45) is 5.92 Å². The van der Waals surface area contributed by atoms with E-state index in [2.05, 4.69) is 23.9 Å². The van der Waals surface area contributed by atoms with Crippen molar-refractivity contribution in [1.29, 1.82) is 0 Å². The topological polar surface area (TPSA) is 166 Å². The molecule has 3 amide bonds. The number of aryl methyl sites for hydroxylation is 1. The van der Waals surface area contributed by atoms with Crippen molar-refractivity contribution >= 4 is 50.0 Å². The van der Waals surface area contributed by atoms with Gasteiger partial charge in [-0.3, -0.25) is 19.1 Å². The predicted molar refractivity (Wildman–Crippen MR) is 209 cm³/mol. The maximum Gasteiger partial charge on any atom is 0.252 e. The maximum absolute atomic E-state index is 14.4. The number of ether oxygens (including phenoxy) is 3. The summed E-state index contributed by atoms with van der Waals surface area (Å²) in [6, 6.07) is 4.71. The number of pyridine rings is 1. The molecule has 2 N–H and O–H groups in total. The van der Waals surface area contributed by atoms with Crippen molar-refractivity contribution in [1.82, 2.24) is 24.9 Å². The van der Waals surface area contributed by atoms with Crippen molar-refractivity contribution in [3.8, 4) is 22.2 Å². The molecule has 0 spiro atoms. The number of allylic oxidation sites excluding steroid dienone is 1. The van der Waals surface area contributed by atoms with Crippen LogP contribution in [0, 0.1) is 12.8 Å². The molecule has 4 heterocycles. The summed E-state index contributed by atoms with van der Waals surface area (Å²) in [6.07, 6.45) is 6.50. The van der Waals surface area contributed by atoms with E-state index in [0.29, 0.717) is 48.6 Å². The van der Waals surface area contributed by atoms with Crippen LogP contribution in [-0.2, 0) is 29.1 Å².